The maximum atomic E-state index is 11.6. The van der Waals surface area contributed by atoms with Crippen LogP contribution in [0.25, 0.3) is 11.4 Å². The quantitative estimate of drug-likeness (QED) is 0.766. The Hall–Kier alpha value is -1.58. The topological polar surface area (TPSA) is 73.0 Å². The molecule has 7 nitrogen and oxygen atoms in total. The molecule has 0 aromatic carbocycles. The second kappa shape index (κ2) is 6.14. The number of sulfone groups is 1. The van der Waals surface area contributed by atoms with Gasteiger partial charge in [0.2, 0.25) is 0 Å². The highest BCUT2D eigenvalue weighted by atomic mass is 32.2. The van der Waals surface area contributed by atoms with Gasteiger partial charge in [0, 0.05) is 31.0 Å². The SMILES string of the molecule is CN(Cn1nc(-c2cccnc2)n(C)c1=S)C1CCS(=O)(=O)C1. The third-order valence-electron chi connectivity index (χ3n) is 4.15. The van der Waals surface area contributed by atoms with Crippen molar-refractivity contribution in [3.05, 3.63) is 29.3 Å². The van der Waals surface area contributed by atoms with Crippen molar-refractivity contribution in [3.63, 3.8) is 0 Å². The van der Waals surface area contributed by atoms with Crippen molar-refractivity contribution >= 4 is 22.1 Å². The summed E-state index contributed by atoms with van der Waals surface area (Å²) < 4.78 is 27.4. The van der Waals surface area contributed by atoms with E-state index in [1.54, 1.807) is 17.1 Å². The molecule has 1 aliphatic heterocycles. The zero-order valence-electron chi connectivity index (χ0n) is 13.1. The van der Waals surface area contributed by atoms with Gasteiger partial charge in [-0.15, -0.1) is 0 Å². The maximum Gasteiger partial charge on any atom is 0.199 e. The fourth-order valence-corrected chi connectivity index (χ4v) is 4.77. The summed E-state index contributed by atoms with van der Waals surface area (Å²) in [6.45, 7) is 0.465. The smallest absolute Gasteiger partial charge is 0.199 e. The van der Waals surface area contributed by atoms with Crippen LogP contribution in [0.2, 0.25) is 0 Å². The Kier molecular flexibility index (Phi) is 4.35. The van der Waals surface area contributed by atoms with Gasteiger partial charge in [-0.05, 0) is 37.8 Å². The molecule has 9 heteroatoms. The van der Waals surface area contributed by atoms with Gasteiger partial charge in [0.15, 0.2) is 20.4 Å². The van der Waals surface area contributed by atoms with Crippen molar-refractivity contribution in [2.24, 2.45) is 7.05 Å². The van der Waals surface area contributed by atoms with Gasteiger partial charge >= 0.3 is 0 Å². The van der Waals surface area contributed by atoms with E-state index < -0.39 is 9.84 Å². The number of hydrogen-bond donors (Lipinski definition) is 0. The summed E-state index contributed by atoms with van der Waals surface area (Å²) >= 11 is 5.45. The Bertz CT molecular complexity index is 857. The Balaban J connectivity index is 1.83. The van der Waals surface area contributed by atoms with Crippen molar-refractivity contribution in [1.29, 1.82) is 0 Å². The summed E-state index contributed by atoms with van der Waals surface area (Å²) in [5.74, 6) is 1.21. The molecule has 0 N–H and O–H groups in total. The lowest BCUT2D eigenvalue weighted by Crippen LogP contribution is -2.34. The number of aromatic nitrogens is 4. The molecule has 0 saturated carbocycles. The highest BCUT2D eigenvalue weighted by Crippen LogP contribution is 2.19. The van der Waals surface area contributed by atoms with E-state index in [1.807, 2.05) is 35.7 Å². The molecule has 1 aliphatic rings. The minimum absolute atomic E-state index is 0.0192. The maximum absolute atomic E-state index is 11.6. The van der Waals surface area contributed by atoms with Gasteiger partial charge in [-0.3, -0.25) is 9.88 Å². The van der Waals surface area contributed by atoms with E-state index in [1.165, 1.54) is 0 Å². The van der Waals surface area contributed by atoms with Crippen LogP contribution in [0.4, 0.5) is 0 Å². The predicted molar refractivity (Wildman–Crippen MR) is 90.1 cm³/mol. The second-order valence-corrected chi connectivity index (χ2v) is 8.46. The molecule has 0 radical (unpaired) electrons. The lowest BCUT2D eigenvalue weighted by Gasteiger charge is -2.22. The van der Waals surface area contributed by atoms with Gasteiger partial charge in [0.05, 0.1) is 18.2 Å². The molecule has 0 amide bonds. The van der Waals surface area contributed by atoms with Crippen LogP contribution in [-0.4, -0.2) is 57.2 Å². The van der Waals surface area contributed by atoms with Crippen LogP contribution in [-0.2, 0) is 23.6 Å². The van der Waals surface area contributed by atoms with E-state index in [9.17, 15) is 8.42 Å². The molecule has 2 aromatic heterocycles. The second-order valence-electron chi connectivity index (χ2n) is 5.86. The van der Waals surface area contributed by atoms with Crippen molar-refractivity contribution in [1.82, 2.24) is 24.2 Å². The molecule has 0 bridgehead atoms. The Morgan fingerprint density at radius 2 is 2.26 bits per heavy atom. The van der Waals surface area contributed by atoms with Crippen LogP contribution >= 0.6 is 12.2 Å². The predicted octanol–water partition coefficient (Wildman–Crippen LogP) is 1.09. The molecular weight excluding hydrogens is 334 g/mol. The molecule has 124 valence electrons. The zero-order valence-corrected chi connectivity index (χ0v) is 14.7. The largest absolute Gasteiger partial charge is 0.303 e. The third kappa shape index (κ3) is 3.36. The first-order valence-corrected chi connectivity index (χ1v) is 9.55. The molecule has 23 heavy (non-hydrogen) atoms. The van der Waals surface area contributed by atoms with Gasteiger partial charge < -0.3 is 4.57 Å². The first kappa shape index (κ1) is 16.3. The summed E-state index contributed by atoms with van der Waals surface area (Å²) in [4.78, 5) is 6.11. The molecule has 1 unspecified atom stereocenters. The van der Waals surface area contributed by atoms with E-state index in [0.29, 0.717) is 17.9 Å². The van der Waals surface area contributed by atoms with Crippen molar-refractivity contribution in [2.75, 3.05) is 18.6 Å². The monoisotopic (exact) mass is 353 g/mol. The van der Waals surface area contributed by atoms with Gasteiger partial charge in [-0.2, -0.15) is 5.10 Å². The first-order chi connectivity index (χ1) is 10.9. The number of nitrogens with zero attached hydrogens (tertiary/aromatic N) is 5. The average molecular weight is 353 g/mol. The van der Waals surface area contributed by atoms with Crippen LogP contribution < -0.4 is 0 Å². The molecule has 1 saturated heterocycles. The van der Waals surface area contributed by atoms with E-state index >= 15 is 0 Å². The summed E-state index contributed by atoms with van der Waals surface area (Å²) in [6.07, 6.45) is 4.12. The number of rotatable bonds is 4. The molecule has 1 fully saturated rings. The molecule has 2 aromatic rings. The zero-order chi connectivity index (χ0) is 16.6. The molecule has 3 rings (SSSR count). The Morgan fingerprint density at radius 3 is 2.87 bits per heavy atom. The van der Waals surface area contributed by atoms with Crippen LogP contribution in [0.15, 0.2) is 24.5 Å². The van der Waals surface area contributed by atoms with Crippen LogP contribution in [0, 0.1) is 4.77 Å². The summed E-state index contributed by atoms with van der Waals surface area (Å²) in [5.41, 5.74) is 0.894. The fourth-order valence-electron chi connectivity index (χ4n) is 2.78. The van der Waals surface area contributed by atoms with E-state index in [-0.39, 0.29) is 17.5 Å². The standard InChI is InChI=1S/C14H19N5O2S2/c1-17(12-5-7-23(20,21)9-12)10-19-14(22)18(2)13(16-19)11-4-3-6-15-8-11/h3-4,6,8,12H,5,7,9-10H2,1-2H3. The first-order valence-electron chi connectivity index (χ1n) is 7.32. The van der Waals surface area contributed by atoms with Gasteiger partial charge in [0.25, 0.3) is 0 Å². The lowest BCUT2D eigenvalue weighted by atomic mass is 10.2. The number of hydrogen-bond acceptors (Lipinski definition) is 6. The van der Waals surface area contributed by atoms with Crippen molar-refractivity contribution in [3.8, 4) is 11.4 Å². The minimum Gasteiger partial charge on any atom is -0.303 e. The van der Waals surface area contributed by atoms with Crippen LogP contribution in [0.3, 0.4) is 0 Å². The van der Waals surface area contributed by atoms with E-state index in [2.05, 4.69) is 10.1 Å². The summed E-state index contributed by atoms with van der Waals surface area (Å²) in [7, 11) is 0.878. The van der Waals surface area contributed by atoms with Crippen LogP contribution in [0.1, 0.15) is 6.42 Å². The molecule has 3 heterocycles. The summed E-state index contributed by atoms with van der Waals surface area (Å²) in [6, 6.07) is 3.81. The van der Waals surface area contributed by atoms with E-state index in [0.717, 1.165) is 11.4 Å². The normalized spacial score (nSPS) is 20.2. The Morgan fingerprint density at radius 1 is 1.48 bits per heavy atom. The highest BCUT2D eigenvalue weighted by molar-refractivity contribution is 7.91. The van der Waals surface area contributed by atoms with Crippen molar-refractivity contribution in [2.45, 2.75) is 19.1 Å². The van der Waals surface area contributed by atoms with Gasteiger partial charge in [0.1, 0.15) is 0 Å². The van der Waals surface area contributed by atoms with Crippen molar-refractivity contribution < 1.29 is 8.42 Å². The third-order valence-corrected chi connectivity index (χ3v) is 6.38. The number of pyridine rings is 1. The molecule has 0 spiro atoms. The van der Waals surface area contributed by atoms with E-state index in [4.69, 9.17) is 12.2 Å². The minimum atomic E-state index is -2.90. The van der Waals surface area contributed by atoms with Gasteiger partial charge in [-0.1, -0.05) is 0 Å². The lowest BCUT2D eigenvalue weighted by molar-refractivity contribution is 0.196. The summed E-state index contributed by atoms with van der Waals surface area (Å²) in [5, 5.41) is 4.57. The fraction of sp³-hybridized carbons (Fsp3) is 0.500. The highest BCUT2D eigenvalue weighted by Gasteiger charge is 2.30. The molecule has 1 atom stereocenters. The molecule has 0 aliphatic carbocycles. The Labute approximate surface area is 140 Å². The van der Waals surface area contributed by atoms with Gasteiger partial charge in [-0.25, -0.2) is 13.1 Å². The molecular formula is C14H19N5O2S2. The average Bonchev–Trinajstić information content (AvgIpc) is 3.02. The van der Waals surface area contributed by atoms with Crippen LogP contribution in [0.5, 0.6) is 0 Å².